The second-order valence-electron chi connectivity index (χ2n) is 5.17. The van der Waals surface area contributed by atoms with Crippen LogP contribution in [-0.2, 0) is 16.4 Å². The van der Waals surface area contributed by atoms with Gasteiger partial charge in [-0.25, -0.2) is 18.2 Å². The number of aromatic amines is 1. The SMILES string of the molecule is O=S(=O)(NCCc1ccc(Nc2nnn[nH]2)cc1)c1ccc(Cl)cc1. The molecule has 0 aliphatic carbocycles. The molecule has 2 aromatic carbocycles. The Balaban J connectivity index is 1.54. The maximum absolute atomic E-state index is 12.2. The van der Waals surface area contributed by atoms with E-state index in [0.29, 0.717) is 23.9 Å². The monoisotopic (exact) mass is 378 g/mol. The summed E-state index contributed by atoms with van der Waals surface area (Å²) < 4.78 is 26.9. The average Bonchev–Trinajstić information content (AvgIpc) is 3.10. The molecule has 0 aliphatic rings. The van der Waals surface area contributed by atoms with Crippen LogP contribution < -0.4 is 10.0 Å². The molecule has 8 nitrogen and oxygen atoms in total. The molecule has 3 aromatic rings. The summed E-state index contributed by atoms with van der Waals surface area (Å²) in [6.07, 6.45) is 0.566. The molecule has 1 aromatic heterocycles. The standard InChI is InChI=1S/C15H15ClN6O2S/c16-12-3-7-14(8-4-12)25(23,24)17-10-9-11-1-5-13(6-2-11)18-15-19-21-22-20-15/h1-8,17H,9-10H2,(H2,18,19,20,21,22). The number of nitrogens with one attached hydrogen (secondary N) is 3. The summed E-state index contributed by atoms with van der Waals surface area (Å²) in [5, 5.41) is 16.8. The van der Waals surface area contributed by atoms with Gasteiger partial charge in [-0.3, -0.25) is 0 Å². The van der Waals surface area contributed by atoms with Gasteiger partial charge in [0, 0.05) is 17.3 Å². The molecule has 1 heterocycles. The Morgan fingerprint density at radius 3 is 2.40 bits per heavy atom. The first-order valence-electron chi connectivity index (χ1n) is 7.38. The number of hydrogen-bond donors (Lipinski definition) is 3. The third kappa shape index (κ3) is 4.75. The van der Waals surface area contributed by atoms with Crippen molar-refractivity contribution in [3.05, 3.63) is 59.1 Å². The molecular formula is C15H15ClN6O2S. The molecule has 0 fully saturated rings. The van der Waals surface area contributed by atoms with Crippen LogP contribution in [-0.4, -0.2) is 35.6 Å². The maximum atomic E-state index is 12.2. The van der Waals surface area contributed by atoms with E-state index in [1.165, 1.54) is 12.1 Å². The molecule has 0 spiro atoms. The van der Waals surface area contributed by atoms with Crippen LogP contribution in [0, 0.1) is 0 Å². The van der Waals surface area contributed by atoms with Crippen molar-refractivity contribution in [2.75, 3.05) is 11.9 Å². The second kappa shape index (κ2) is 7.60. The largest absolute Gasteiger partial charge is 0.323 e. The molecule has 0 amide bonds. The summed E-state index contributed by atoms with van der Waals surface area (Å²) >= 11 is 5.77. The van der Waals surface area contributed by atoms with E-state index in [2.05, 4.69) is 30.7 Å². The summed E-state index contributed by atoms with van der Waals surface area (Å²) in [6.45, 7) is 0.295. The summed E-state index contributed by atoms with van der Waals surface area (Å²) in [5.74, 6) is 0.448. The lowest BCUT2D eigenvalue weighted by molar-refractivity contribution is 0.581. The van der Waals surface area contributed by atoms with Crippen molar-refractivity contribution in [1.29, 1.82) is 0 Å². The third-order valence-corrected chi connectivity index (χ3v) is 5.12. The third-order valence-electron chi connectivity index (χ3n) is 3.39. The Kier molecular flexibility index (Phi) is 5.27. The number of rotatable bonds is 7. The van der Waals surface area contributed by atoms with Crippen molar-refractivity contribution >= 4 is 33.3 Å². The van der Waals surface area contributed by atoms with Crippen molar-refractivity contribution in [3.63, 3.8) is 0 Å². The smallest absolute Gasteiger partial charge is 0.244 e. The van der Waals surface area contributed by atoms with Gasteiger partial charge in [-0.2, -0.15) is 0 Å². The van der Waals surface area contributed by atoms with Crippen LogP contribution >= 0.6 is 11.6 Å². The van der Waals surface area contributed by atoms with E-state index < -0.39 is 10.0 Å². The van der Waals surface area contributed by atoms with Gasteiger partial charge in [0.1, 0.15) is 0 Å². The molecule has 0 aliphatic heterocycles. The molecule has 0 unspecified atom stereocenters. The van der Waals surface area contributed by atoms with Crippen LogP contribution in [0.4, 0.5) is 11.6 Å². The van der Waals surface area contributed by atoms with E-state index >= 15 is 0 Å². The maximum Gasteiger partial charge on any atom is 0.244 e. The minimum Gasteiger partial charge on any atom is -0.323 e. The van der Waals surface area contributed by atoms with Gasteiger partial charge < -0.3 is 5.32 Å². The normalized spacial score (nSPS) is 11.4. The van der Waals surface area contributed by atoms with Gasteiger partial charge in [-0.15, -0.1) is 0 Å². The predicted molar refractivity (Wildman–Crippen MR) is 94.2 cm³/mol. The van der Waals surface area contributed by atoms with Crippen molar-refractivity contribution in [3.8, 4) is 0 Å². The Morgan fingerprint density at radius 2 is 1.76 bits per heavy atom. The lowest BCUT2D eigenvalue weighted by Crippen LogP contribution is -2.25. The molecule has 0 bridgehead atoms. The van der Waals surface area contributed by atoms with Crippen LogP contribution in [0.2, 0.25) is 5.02 Å². The summed E-state index contributed by atoms with van der Waals surface area (Å²) in [7, 11) is -3.54. The lowest BCUT2D eigenvalue weighted by atomic mass is 10.1. The van der Waals surface area contributed by atoms with Gasteiger partial charge >= 0.3 is 0 Å². The number of benzene rings is 2. The molecule has 10 heteroatoms. The number of hydrogen-bond acceptors (Lipinski definition) is 6. The Hall–Kier alpha value is -2.49. The quantitative estimate of drug-likeness (QED) is 0.580. The molecule has 0 saturated heterocycles. The van der Waals surface area contributed by atoms with Crippen LogP contribution in [0.5, 0.6) is 0 Å². The predicted octanol–water partition coefficient (Wildman–Crippen LogP) is 2.12. The van der Waals surface area contributed by atoms with E-state index in [9.17, 15) is 8.42 Å². The minimum atomic E-state index is -3.54. The number of aromatic nitrogens is 4. The first-order valence-corrected chi connectivity index (χ1v) is 9.24. The van der Waals surface area contributed by atoms with Gasteiger partial charge in [-0.1, -0.05) is 28.8 Å². The molecule has 0 saturated carbocycles. The number of sulfonamides is 1. The molecule has 0 atom stereocenters. The van der Waals surface area contributed by atoms with Crippen LogP contribution in [0.15, 0.2) is 53.4 Å². The fraction of sp³-hybridized carbons (Fsp3) is 0.133. The summed E-state index contributed by atoms with van der Waals surface area (Å²) in [6, 6.07) is 13.6. The lowest BCUT2D eigenvalue weighted by Gasteiger charge is -2.08. The fourth-order valence-electron chi connectivity index (χ4n) is 2.13. The van der Waals surface area contributed by atoms with E-state index in [1.807, 2.05) is 24.3 Å². The average molecular weight is 379 g/mol. The minimum absolute atomic E-state index is 0.192. The molecular weight excluding hydrogens is 364 g/mol. The summed E-state index contributed by atoms with van der Waals surface area (Å²) in [5.41, 5.74) is 1.82. The highest BCUT2D eigenvalue weighted by molar-refractivity contribution is 7.89. The van der Waals surface area contributed by atoms with Crippen molar-refractivity contribution < 1.29 is 8.42 Å². The zero-order valence-corrected chi connectivity index (χ0v) is 14.5. The van der Waals surface area contributed by atoms with Gasteiger partial charge in [0.25, 0.3) is 0 Å². The topological polar surface area (TPSA) is 113 Å². The Labute approximate surface area is 149 Å². The number of nitrogens with zero attached hydrogens (tertiary/aromatic N) is 3. The van der Waals surface area contributed by atoms with Gasteiger partial charge in [0.2, 0.25) is 16.0 Å². The molecule has 0 radical (unpaired) electrons. The van der Waals surface area contributed by atoms with Gasteiger partial charge in [0.15, 0.2) is 0 Å². The van der Waals surface area contributed by atoms with Crippen molar-refractivity contribution in [2.24, 2.45) is 0 Å². The van der Waals surface area contributed by atoms with Gasteiger partial charge in [-0.05, 0) is 58.8 Å². The molecule has 3 N–H and O–H groups in total. The highest BCUT2D eigenvalue weighted by Gasteiger charge is 2.12. The van der Waals surface area contributed by atoms with Gasteiger partial charge in [0.05, 0.1) is 4.90 Å². The second-order valence-corrected chi connectivity index (χ2v) is 7.38. The number of anilines is 2. The van der Waals surface area contributed by atoms with Crippen molar-refractivity contribution in [1.82, 2.24) is 25.3 Å². The highest BCUT2D eigenvalue weighted by atomic mass is 35.5. The van der Waals surface area contributed by atoms with E-state index in [0.717, 1.165) is 11.3 Å². The number of H-pyrrole nitrogens is 1. The Bertz CT molecular complexity index is 912. The fourth-order valence-corrected chi connectivity index (χ4v) is 3.29. The van der Waals surface area contributed by atoms with Crippen LogP contribution in [0.1, 0.15) is 5.56 Å². The zero-order valence-electron chi connectivity index (χ0n) is 13.0. The number of tetrazole rings is 1. The Morgan fingerprint density at radius 1 is 1.04 bits per heavy atom. The van der Waals surface area contributed by atoms with Crippen LogP contribution in [0.3, 0.4) is 0 Å². The van der Waals surface area contributed by atoms with Crippen molar-refractivity contribution in [2.45, 2.75) is 11.3 Å². The molecule has 25 heavy (non-hydrogen) atoms. The van der Waals surface area contributed by atoms with Crippen LogP contribution in [0.25, 0.3) is 0 Å². The zero-order chi connectivity index (χ0) is 17.7. The first kappa shape index (κ1) is 17.3. The molecule has 130 valence electrons. The van der Waals surface area contributed by atoms with E-state index in [-0.39, 0.29) is 4.90 Å². The summed E-state index contributed by atoms with van der Waals surface area (Å²) in [4.78, 5) is 0.192. The van der Waals surface area contributed by atoms with E-state index in [1.54, 1.807) is 12.1 Å². The highest BCUT2D eigenvalue weighted by Crippen LogP contribution is 2.15. The van der Waals surface area contributed by atoms with E-state index in [4.69, 9.17) is 11.6 Å². The first-order chi connectivity index (χ1) is 12.0. The molecule has 3 rings (SSSR count). The number of halogens is 1.